The van der Waals surface area contributed by atoms with E-state index in [4.69, 9.17) is 9.47 Å². The van der Waals surface area contributed by atoms with Crippen molar-refractivity contribution in [1.29, 1.82) is 0 Å². The van der Waals surface area contributed by atoms with Crippen LogP contribution in [0.15, 0.2) is 84.0 Å². The minimum Gasteiger partial charge on any atom is -0.495 e. The zero-order valence-electron chi connectivity index (χ0n) is 17.7. The molecule has 0 fully saturated rings. The number of hydrogen-bond donors (Lipinski definition) is 1. The monoisotopic (exact) mass is 446 g/mol. The number of anilines is 1. The third kappa shape index (κ3) is 4.60. The van der Waals surface area contributed by atoms with E-state index in [0.717, 1.165) is 11.3 Å². The van der Waals surface area contributed by atoms with E-state index in [1.807, 2.05) is 71.3 Å². The summed E-state index contributed by atoms with van der Waals surface area (Å²) < 4.78 is 12.8. The summed E-state index contributed by atoms with van der Waals surface area (Å²) in [5, 5.41) is 12.3. The minimum absolute atomic E-state index is 0.153. The van der Waals surface area contributed by atoms with Gasteiger partial charge in [0.1, 0.15) is 11.5 Å². The summed E-state index contributed by atoms with van der Waals surface area (Å²) in [6, 6.07) is 24.7. The molecule has 1 heterocycles. The number of aromatic nitrogens is 3. The van der Waals surface area contributed by atoms with E-state index in [0.29, 0.717) is 28.2 Å². The van der Waals surface area contributed by atoms with Crippen LogP contribution in [0, 0.1) is 0 Å². The first kappa shape index (κ1) is 21.5. The number of hydrogen-bond acceptors (Lipinski definition) is 6. The number of thioether (sulfide) groups is 1. The molecule has 0 bridgehead atoms. The molecule has 0 aliphatic rings. The summed E-state index contributed by atoms with van der Waals surface area (Å²) in [5.41, 5.74) is 2.33. The lowest BCUT2D eigenvalue weighted by atomic mass is 10.2. The van der Waals surface area contributed by atoms with E-state index >= 15 is 0 Å². The first-order chi connectivity index (χ1) is 15.7. The lowest BCUT2D eigenvalue weighted by Crippen LogP contribution is -2.15. The SMILES string of the molecule is COc1ccccc1NC(=O)CSc1nnc(-c2ccccc2)n1-c1ccccc1OC. The predicted molar refractivity (Wildman–Crippen MR) is 126 cm³/mol. The second-order valence-corrected chi connectivity index (χ2v) is 7.66. The highest BCUT2D eigenvalue weighted by Gasteiger charge is 2.20. The first-order valence-electron chi connectivity index (χ1n) is 9.91. The van der Waals surface area contributed by atoms with Crippen molar-refractivity contribution in [2.75, 3.05) is 25.3 Å². The Morgan fingerprint density at radius 3 is 2.28 bits per heavy atom. The van der Waals surface area contributed by atoms with Crippen LogP contribution in [0.5, 0.6) is 11.5 Å². The Hall–Kier alpha value is -3.78. The van der Waals surface area contributed by atoms with Gasteiger partial charge in [-0.2, -0.15) is 0 Å². The number of carbonyl (C=O) groups is 1. The lowest BCUT2D eigenvalue weighted by molar-refractivity contribution is -0.113. The van der Waals surface area contributed by atoms with Crippen LogP contribution in [0.25, 0.3) is 17.1 Å². The molecule has 4 aromatic rings. The standard InChI is InChI=1S/C24H22N4O3S/c1-30-20-14-8-6-12-18(20)25-22(29)16-32-24-27-26-23(17-10-4-3-5-11-17)28(24)19-13-7-9-15-21(19)31-2/h3-15H,16H2,1-2H3,(H,25,29). The maximum absolute atomic E-state index is 12.6. The molecule has 3 aromatic carbocycles. The summed E-state index contributed by atoms with van der Waals surface area (Å²) in [4.78, 5) is 12.6. The predicted octanol–water partition coefficient (Wildman–Crippen LogP) is 4.68. The molecule has 0 saturated carbocycles. The zero-order valence-corrected chi connectivity index (χ0v) is 18.5. The number of rotatable bonds is 8. The Morgan fingerprint density at radius 1 is 0.875 bits per heavy atom. The number of nitrogens with one attached hydrogen (secondary N) is 1. The van der Waals surface area contributed by atoms with Gasteiger partial charge >= 0.3 is 0 Å². The number of carbonyl (C=O) groups excluding carboxylic acids is 1. The number of benzene rings is 3. The van der Waals surface area contributed by atoms with Crippen molar-refractivity contribution in [3.8, 4) is 28.6 Å². The highest BCUT2D eigenvalue weighted by molar-refractivity contribution is 7.99. The van der Waals surface area contributed by atoms with Crippen molar-refractivity contribution >= 4 is 23.4 Å². The van der Waals surface area contributed by atoms with Crippen LogP contribution >= 0.6 is 11.8 Å². The van der Waals surface area contributed by atoms with Crippen molar-refractivity contribution in [3.63, 3.8) is 0 Å². The van der Waals surface area contributed by atoms with Gasteiger partial charge in [0, 0.05) is 5.56 Å². The van der Waals surface area contributed by atoms with Crippen LogP contribution in [0.2, 0.25) is 0 Å². The maximum Gasteiger partial charge on any atom is 0.234 e. The molecule has 1 N–H and O–H groups in total. The van der Waals surface area contributed by atoms with E-state index in [1.165, 1.54) is 11.8 Å². The molecule has 8 heteroatoms. The summed E-state index contributed by atoms with van der Waals surface area (Å²) in [6.45, 7) is 0. The summed E-state index contributed by atoms with van der Waals surface area (Å²) in [5.74, 6) is 1.94. The Bertz CT molecular complexity index is 1210. The lowest BCUT2D eigenvalue weighted by Gasteiger charge is -2.14. The second-order valence-electron chi connectivity index (χ2n) is 6.72. The third-order valence-corrected chi connectivity index (χ3v) is 5.63. The Labute approximate surface area is 190 Å². The van der Waals surface area contributed by atoms with Gasteiger partial charge in [-0.15, -0.1) is 10.2 Å². The molecule has 1 aromatic heterocycles. The Balaban J connectivity index is 1.63. The molecule has 7 nitrogen and oxygen atoms in total. The number of nitrogens with zero attached hydrogens (tertiary/aromatic N) is 3. The van der Waals surface area contributed by atoms with E-state index < -0.39 is 0 Å². The molecule has 0 radical (unpaired) electrons. The van der Waals surface area contributed by atoms with Gasteiger partial charge in [-0.25, -0.2) is 0 Å². The zero-order chi connectivity index (χ0) is 22.3. The highest BCUT2D eigenvalue weighted by atomic mass is 32.2. The molecule has 0 aliphatic carbocycles. The molecule has 32 heavy (non-hydrogen) atoms. The fourth-order valence-corrected chi connectivity index (χ4v) is 3.98. The molecule has 0 aliphatic heterocycles. The van der Waals surface area contributed by atoms with E-state index in [9.17, 15) is 4.79 Å². The van der Waals surface area contributed by atoms with Crippen LogP contribution < -0.4 is 14.8 Å². The van der Waals surface area contributed by atoms with Crippen molar-refractivity contribution < 1.29 is 14.3 Å². The highest BCUT2D eigenvalue weighted by Crippen LogP contribution is 2.32. The summed E-state index contributed by atoms with van der Waals surface area (Å²) >= 11 is 1.30. The molecule has 162 valence electrons. The van der Waals surface area contributed by atoms with Gasteiger partial charge in [0.15, 0.2) is 11.0 Å². The van der Waals surface area contributed by atoms with Gasteiger partial charge in [0.2, 0.25) is 5.91 Å². The van der Waals surface area contributed by atoms with Crippen LogP contribution in [0.1, 0.15) is 0 Å². The normalized spacial score (nSPS) is 10.6. The maximum atomic E-state index is 12.6. The number of methoxy groups -OCH3 is 2. The molecule has 0 spiro atoms. The van der Waals surface area contributed by atoms with Crippen LogP contribution in [-0.4, -0.2) is 40.6 Å². The quantitative estimate of drug-likeness (QED) is 0.396. The van der Waals surface area contributed by atoms with Gasteiger partial charge in [-0.3, -0.25) is 9.36 Å². The molecule has 0 saturated heterocycles. The van der Waals surface area contributed by atoms with Crippen molar-refractivity contribution in [1.82, 2.24) is 14.8 Å². The van der Waals surface area contributed by atoms with Crippen molar-refractivity contribution in [3.05, 3.63) is 78.9 Å². The minimum atomic E-state index is -0.171. The van der Waals surface area contributed by atoms with Gasteiger partial charge in [-0.05, 0) is 24.3 Å². The molecule has 0 unspecified atom stereocenters. The fraction of sp³-hybridized carbons (Fsp3) is 0.125. The van der Waals surface area contributed by atoms with Crippen molar-refractivity contribution in [2.24, 2.45) is 0 Å². The topological polar surface area (TPSA) is 78.3 Å². The van der Waals surface area contributed by atoms with E-state index in [-0.39, 0.29) is 11.7 Å². The number of amides is 1. The number of para-hydroxylation sites is 4. The largest absolute Gasteiger partial charge is 0.495 e. The fourth-order valence-electron chi connectivity index (χ4n) is 3.23. The van der Waals surface area contributed by atoms with Crippen LogP contribution in [0.4, 0.5) is 5.69 Å². The van der Waals surface area contributed by atoms with Crippen molar-refractivity contribution in [2.45, 2.75) is 5.16 Å². The molecular weight excluding hydrogens is 424 g/mol. The van der Waals surface area contributed by atoms with Crippen LogP contribution in [-0.2, 0) is 4.79 Å². The average molecular weight is 447 g/mol. The van der Waals surface area contributed by atoms with Crippen LogP contribution in [0.3, 0.4) is 0 Å². The molecule has 1 amide bonds. The Morgan fingerprint density at radius 2 is 1.53 bits per heavy atom. The summed E-state index contributed by atoms with van der Waals surface area (Å²) in [6.07, 6.45) is 0. The average Bonchev–Trinajstić information content (AvgIpc) is 3.27. The Kier molecular flexibility index (Phi) is 6.72. The third-order valence-electron chi connectivity index (χ3n) is 4.70. The second kappa shape index (κ2) is 10.0. The van der Waals surface area contributed by atoms with Gasteiger partial charge in [0.05, 0.1) is 31.3 Å². The first-order valence-corrected chi connectivity index (χ1v) is 10.9. The van der Waals surface area contributed by atoms with E-state index in [1.54, 1.807) is 26.4 Å². The molecular formula is C24H22N4O3S. The number of ether oxygens (including phenoxy) is 2. The van der Waals surface area contributed by atoms with Gasteiger partial charge < -0.3 is 14.8 Å². The molecule has 4 rings (SSSR count). The smallest absolute Gasteiger partial charge is 0.234 e. The summed E-state index contributed by atoms with van der Waals surface area (Å²) in [7, 11) is 3.19. The van der Waals surface area contributed by atoms with E-state index in [2.05, 4.69) is 15.5 Å². The molecule has 0 atom stereocenters. The van der Waals surface area contributed by atoms with Gasteiger partial charge in [0.25, 0.3) is 0 Å². The van der Waals surface area contributed by atoms with Gasteiger partial charge in [-0.1, -0.05) is 66.4 Å².